The first kappa shape index (κ1) is 18.4. The van der Waals surface area contributed by atoms with Crippen molar-refractivity contribution in [1.82, 2.24) is 20.5 Å². The molecule has 0 aliphatic carbocycles. The molecule has 0 spiro atoms. The van der Waals surface area contributed by atoms with E-state index in [2.05, 4.69) is 20.7 Å². The second-order valence-corrected chi connectivity index (χ2v) is 5.65. The van der Waals surface area contributed by atoms with E-state index in [1.54, 1.807) is 5.10 Å². The summed E-state index contributed by atoms with van der Waals surface area (Å²) in [6.45, 7) is -0.417. The molecule has 0 radical (unpaired) electrons. The van der Waals surface area contributed by atoms with Crippen LogP contribution in [0.2, 0.25) is 0 Å². The van der Waals surface area contributed by atoms with Crippen LogP contribution in [0.15, 0.2) is 42.5 Å². The molecule has 0 bridgehead atoms. The predicted molar refractivity (Wildman–Crippen MR) is 90.7 cm³/mol. The van der Waals surface area contributed by atoms with Crippen LogP contribution in [0.4, 0.5) is 19.1 Å². The molecular weight excluding hydrogens is 363 g/mol. The minimum Gasteiger partial charge on any atom is -0.347 e. The van der Waals surface area contributed by atoms with Crippen LogP contribution in [0.25, 0.3) is 10.8 Å². The van der Waals surface area contributed by atoms with Crippen LogP contribution in [0.1, 0.15) is 11.4 Å². The number of aromatic nitrogens is 3. The van der Waals surface area contributed by atoms with Crippen molar-refractivity contribution in [2.45, 2.75) is 12.6 Å². The van der Waals surface area contributed by atoms with E-state index in [4.69, 9.17) is 0 Å². The molecule has 2 amide bonds. The number of alkyl halides is 3. The van der Waals surface area contributed by atoms with Gasteiger partial charge in [-0.25, -0.2) is 0 Å². The molecule has 27 heavy (non-hydrogen) atoms. The molecule has 0 fully saturated rings. The molecule has 7 nitrogen and oxygen atoms in total. The van der Waals surface area contributed by atoms with Gasteiger partial charge in [-0.15, -0.1) is 5.10 Å². The van der Waals surface area contributed by atoms with E-state index in [0.717, 1.165) is 16.3 Å². The highest BCUT2D eigenvalue weighted by Crippen LogP contribution is 2.26. The molecule has 2 aromatic carbocycles. The summed E-state index contributed by atoms with van der Waals surface area (Å²) in [6, 6.07) is 13.2. The molecule has 3 aromatic rings. The minimum absolute atomic E-state index is 0.0630. The highest BCUT2D eigenvalue weighted by molar-refractivity contribution is 5.94. The molecule has 0 saturated carbocycles. The number of carbonyl (C=O) groups excluding carboxylic acids is 2. The maximum absolute atomic E-state index is 12.4. The predicted octanol–water partition coefficient (Wildman–Crippen LogP) is 2.27. The van der Waals surface area contributed by atoms with Gasteiger partial charge in [0.2, 0.25) is 23.6 Å². The lowest BCUT2D eigenvalue weighted by Gasteiger charge is -2.07. The molecule has 3 rings (SSSR count). The van der Waals surface area contributed by atoms with E-state index < -0.39 is 36.3 Å². The van der Waals surface area contributed by atoms with Crippen LogP contribution in [-0.2, 0) is 22.2 Å². The van der Waals surface area contributed by atoms with E-state index in [1.165, 1.54) is 0 Å². The number of rotatable bonds is 5. The zero-order valence-corrected chi connectivity index (χ0v) is 13.8. The van der Waals surface area contributed by atoms with Gasteiger partial charge in [0.1, 0.15) is 0 Å². The zero-order valence-electron chi connectivity index (χ0n) is 13.8. The van der Waals surface area contributed by atoms with Crippen molar-refractivity contribution in [3.05, 3.63) is 53.9 Å². The lowest BCUT2D eigenvalue weighted by Crippen LogP contribution is -2.34. The fraction of sp³-hybridized carbons (Fsp3) is 0.176. The fourth-order valence-corrected chi connectivity index (χ4v) is 2.47. The molecule has 0 aliphatic rings. The molecule has 0 aliphatic heterocycles. The van der Waals surface area contributed by atoms with Gasteiger partial charge in [0.25, 0.3) is 0 Å². The highest BCUT2D eigenvalue weighted by Gasteiger charge is 2.35. The van der Waals surface area contributed by atoms with Gasteiger partial charge < -0.3 is 5.32 Å². The van der Waals surface area contributed by atoms with E-state index >= 15 is 0 Å². The van der Waals surface area contributed by atoms with Crippen LogP contribution in [0, 0.1) is 0 Å². The number of anilines is 1. The Morgan fingerprint density at radius 3 is 2.52 bits per heavy atom. The summed E-state index contributed by atoms with van der Waals surface area (Å²) in [7, 11) is 0. The quantitative estimate of drug-likeness (QED) is 0.635. The Labute approximate surface area is 151 Å². The molecule has 10 heteroatoms. The Balaban J connectivity index is 1.54. The topological polar surface area (TPSA) is 99.8 Å². The maximum atomic E-state index is 12.4. The van der Waals surface area contributed by atoms with Crippen LogP contribution in [0.5, 0.6) is 0 Å². The Morgan fingerprint density at radius 2 is 1.78 bits per heavy atom. The van der Waals surface area contributed by atoms with Gasteiger partial charge in [0.05, 0.1) is 13.0 Å². The number of nitrogens with zero attached hydrogens (tertiary/aromatic N) is 2. The molecule has 0 unspecified atom stereocenters. The largest absolute Gasteiger partial charge is 0.451 e. The van der Waals surface area contributed by atoms with Crippen molar-refractivity contribution in [3.8, 4) is 0 Å². The first-order chi connectivity index (χ1) is 12.8. The molecule has 1 heterocycles. The summed E-state index contributed by atoms with van der Waals surface area (Å²) < 4.78 is 37.2. The van der Waals surface area contributed by atoms with Gasteiger partial charge in [0.15, 0.2) is 0 Å². The standard InChI is InChI=1S/C17H14F3N5O2/c18-17(19,20)15-23-16(25-24-15)22-14(27)9-21-13(26)8-11-6-3-5-10-4-1-2-7-12(10)11/h1-7H,8-9H2,(H,21,26)(H2,22,23,24,25,27). The third-order valence-corrected chi connectivity index (χ3v) is 3.68. The minimum atomic E-state index is -4.69. The van der Waals surface area contributed by atoms with Crippen molar-refractivity contribution in [2.75, 3.05) is 11.9 Å². The Hall–Kier alpha value is -3.43. The average molecular weight is 377 g/mol. The summed E-state index contributed by atoms with van der Waals surface area (Å²) in [5, 5.41) is 11.3. The zero-order chi connectivity index (χ0) is 19.4. The van der Waals surface area contributed by atoms with Gasteiger partial charge >= 0.3 is 6.18 Å². The summed E-state index contributed by atoms with van der Waals surface area (Å²) in [5.41, 5.74) is 0.801. The number of H-pyrrole nitrogens is 1. The van der Waals surface area contributed by atoms with Crippen molar-refractivity contribution in [1.29, 1.82) is 0 Å². The van der Waals surface area contributed by atoms with Crippen LogP contribution >= 0.6 is 0 Å². The molecule has 3 N–H and O–H groups in total. The third kappa shape index (κ3) is 4.60. The van der Waals surface area contributed by atoms with Crippen molar-refractivity contribution < 1.29 is 22.8 Å². The molecule has 0 saturated heterocycles. The van der Waals surface area contributed by atoms with E-state index in [1.807, 2.05) is 42.5 Å². The van der Waals surface area contributed by atoms with Gasteiger partial charge in [0, 0.05) is 0 Å². The summed E-state index contributed by atoms with van der Waals surface area (Å²) in [6.07, 6.45) is -4.63. The number of fused-ring (bicyclic) bond motifs is 1. The molecular formula is C17H14F3N5O2. The molecule has 0 atom stereocenters. The lowest BCUT2D eigenvalue weighted by molar-refractivity contribution is -0.144. The number of carbonyl (C=O) groups is 2. The summed E-state index contributed by atoms with van der Waals surface area (Å²) >= 11 is 0. The van der Waals surface area contributed by atoms with Crippen LogP contribution in [0.3, 0.4) is 0 Å². The lowest BCUT2D eigenvalue weighted by atomic mass is 10.0. The Morgan fingerprint density at radius 1 is 1.04 bits per heavy atom. The van der Waals surface area contributed by atoms with E-state index in [0.29, 0.717) is 0 Å². The van der Waals surface area contributed by atoms with Crippen LogP contribution < -0.4 is 10.6 Å². The molecule has 1 aromatic heterocycles. The van der Waals surface area contributed by atoms with E-state index in [9.17, 15) is 22.8 Å². The number of amides is 2. The number of aromatic amines is 1. The second-order valence-electron chi connectivity index (χ2n) is 5.65. The van der Waals surface area contributed by atoms with Crippen molar-refractivity contribution in [2.24, 2.45) is 0 Å². The van der Waals surface area contributed by atoms with Gasteiger partial charge in [-0.1, -0.05) is 42.5 Å². The Kier molecular flexibility index (Phi) is 5.06. The van der Waals surface area contributed by atoms with Gasteiger partial charge in [-0.2, -0.15) is 18.2 Å². The van der Waals surface area contributed by atoms with Crippen LogP contribution in [-0.4, -0.2) is 33.5 Å². The summed E-state index contributed by atoms with van der Waals surface area (Å²) in [5.74, 6) is -2.98. The summed E-state index contributed by atoms with van der Waals surface area (Å²) in [4.78, 5) is 26.9. The normalized spacial score (nSPS) is 11.4. The van der Waals surface area contributed by atoms with Crippen molar-refractivity contribution >= 4 is 28.5 Å². The van der Waals surface area contributed by atoms with Gasteiger partial charge in [-0.3, -0.25) is 20.0 Å². The first-order valence-corrected chi connectivity index (χ1v) is 7.86. The van der Waals surface area contributed by atoms with Gasteiger partial charge in [-0.05, 0) is 16.3 Å². The first-order valence-electron chi connectivity index (χ1n) is 7.86. The number of nitrogens with one attached hydrogen (secondary N) is 3. The molecule has 140 valence electrons. The number of hydrogen-bond donors (Lipinski definition) is 3. The number of benzene rings is 2. The second kappa shape index (κ2) is 7.44. The number of hydrogen-bond acceptors (Lipinski definition) is 4. The monoisotopic (exact) mass is 377 g/mol. The van der Waals surface area contributed by atoms with E-state index in [-0.39, 0.29) is 6.42 Å². The fourth-order valence-electron chi connectivity index (χ4n) is 2.47. The average Bonchev–Trinajstić information content (AvgIpc) is 3.09. The SMILES string of the molecule is O=C(Cc1cccc2ccccc12)NCC(=O)Nc1n[nH]c(C(F)(F)F)n1. The number of halogens is 3. The highest BCUT2D eigenvalue weighted by atomic mass is 19.4. The van der Waals surface area contributed by atoms with Crippen molar-refractivity contribution in [3.63, 3.8) is 0 Å². The smallest absolute Gasteiger partial charge is 0.347 e. The third-order valence-electron chi connectivity index (χ3n) is 3.68. The maximum Gasteiger partial charge on any atom is 0.451 e. The Bertz CT molecular complexity index is 979.